The number of aromatic hydroxyl groups is 1. The van der Waals surface area contributed by atoms with Gasteiger partial charge in [-0.2, -0.15) is 0 Å². The number of rotatable bonds is 0. The molecule has 2 saturated carbocycles. The van der Waals surface area contributed by atoms with Gasteiger partial charge in [0.25, 0.3) is 0 Å². The van der Waals surface area contributed by atoms with E-state index in [1.807, 2.05) is 12.1 Å². The highest BCUT2D eigenvalue weighted by molar-refractivity contribution is 5.40. The SMILES string of the molecule is C[C@]1(O)CC[C@H]2C3CCc4cc(O)ccc4[C@H]3CC[C@@]21C. The molecule has 5 atom stereocenters. The molecule has 0 saturated heterocycles. The van der Waals surface area contributed by atoms with E-state index in [-0.39, 0.29) is 5.41 Å². The maximum Gasteiger partial charge on any atom is 0.115 e. The normalized spacial score (nSPS) is 44.8. The highest BCUT2D eigenvalue weighted by Crippen LogP contribution is 2.64. The van der Waals surface area contributed by atoms with Crippen LogP contribution in [0.2, 0.25) is 0 Å². The monoisotopic (exact) mass is 286 g/mol. The molecule has 0 radical (unpaired) electrons. The van der Waals surface area contributed by atoms with Crippen LogP contribution >= 0.6 is 0 Å². The maximum atomic E-state index is 10.8. The van der Waals surface area contributed by atoms with E-state index in [1.54, 1.807) is 0 Å². The molecular formula is C19H26O2. The molecule has 1 aromatic carbocycles. The highest BCUT2D eigenvalue weighted by atomic mass is 16.3. The van der Waals surface area contributed by atoms with Crippen LogP contribution in [0.4, 0.5) is 0 Å². The van der Waals surface area contributed by atoms with Crippen LogP contribution in [0.25, 0.3) is 0 Å². The van der Waals surface area contributed by atoms with Crippen molar-refractivity contribution in [2.75, 3.05) is 0 Å². The van der Waals surface area contributed by atoms with Crippen molar-refractivity contribution in [1.82, 2.24) is 0 Å². The van der Waals surface area contributed by atoms with Gasteiger partial charge in [0, 0.05) is 0 Å². The van der Waals surface area contributed by atoms with Gasteiger partial charge in [-0.05, 0) is 91.9 Å². The van der Waals surface area contributed by atoms with Gasteiger partial charge in [0.15, 0.2) is 0 Å². The van der Waals surface area contributed by atoms with Crippen molar-refractivity contribution in [3.05, 3.63) is 29.3 Å². The summed E-state index contributed by atoms with van der Waals surface area (Å²) in [6.45, 7) is 4.38. The summed E-state index contributed by atoms with van der Waals surface area (Å²) in [5.74, 6) is 2.42. The summed E-state index contributed by atoms with van der Waals surface area (Å²) in [5, 5.41) is 20.5. The molecular weight excluding hydrogens is 260 g/mol. The predicted molar refractivity (Wildman–Crippen MR) is 83.3 cm³/mol. The fraction of sp³-hybridized carbons (Fsp3) is 0.684. The van der Waals surface area contributed by atoms with Gasteiger partial charge in [0.2, 0.25) is 0 Å². The predicted octanol–water partition coefficient (Wildman–Crippen LogP) is 4.00. The van der Waals surface area contributed by atoms with E-state index in [0.29, 0.717) is 17.6 Å². The van der Waals surface area contributed by atoms with Crippen LogP contribution < -0.4 is 0 Å². The molecule has 3 aliphatic carbocycles. The largest absolute Gasteiger partial charge is 0.508 e. The van der Waals surface area contributed by atoms with Crippen molar-refractivity contribution in [3.63, 3.8) is 0 Å². The lowest BCUT2D eigenvalue weighted by Crippen LogP contribution is -2.49. The lowest BCUT2D eigenvalue weighted by molar-refractivity contribution is -0.0901. The van der Waals surface area contributed by atoms with E-state index in [9.17, 15) is 10.2 Å². The van der Waals surface area contributed by atoms with Crippen molar-refractivity contribution >= 4 is 0 Å². The van der Waals surface area contributed by atoms with Crippen molar-refractivity contribution in [3.8, 4) is 5.75 Å². The molecule has 2 N–H and O–H groups in total. The number of fused-ring (bicyclic) bond motifs is 5. The highest BCUT2D eigenvalue weighted by Gasteiger charge is 2.59. The molecule has 0 amide bonds. The molecule has 3 aliphatic rings. The zero-order chi connectivity index (χ0) is 14.8. The second-order valence-electron chi connectivity index (χ2n) is 8.07. The summed E-state index contributed by atoms with van der Waals surface area (Å²) in [7, 11) is 0. The molecule has 0 heterocycles. The van der Waals surface area contributed by atoms with Gasteiger partial charge in [-0.1, -0.05) is 13.0 Å². The van der Waals surface area contributed by atoms with Gasteiger partial charge < -0.3 is 10.2 Å². The van der Waals surface area contributed by atoms with Crippen LogP contribution in [0.1, 0.15) is 63.0 Å². The van der Waals surface area contributed by atoms with Crippen LogP contribution in [0, 0.1) is 17.3 Å². The van der Waals surface area contributed by atoms with E-state index in [0.717, 1.165) is 25.2 Å². The summed E-state index contributed by atoms with van der Waals surface area (Å²) >= 11 is 0. The minimum absolute atomic E-state index is 0.0998. The molecule has 0 aromatic heterocycles. The lowest BCUT2D eigenvalue weighted by atomic mass is 9.53. The Morgan fingerprint density at radius 2 is 1.90 bits per heavy atom. The Kier molecular flexibility index (Phi) is 2.76. The number of hydrogen-bond donors (Lipinski definition) is 2. The third kappa shape index (κ3) is 1.75. The van der Waals surface area contributed by atoms with Gasteiger partial charge in [0.05, 0.1) is 5.60 Å². The van der Waals surface area contributed by atoms with Gasteiger partial charge in [-0.3, -0.25) is 0 Å². The average molecular weight is 286 g/mol. The lowest BCUT2D eigenvalue weighted by Gasteiger charge is -2.52. The summed E-state index contributed by atoms with van der Waals surface area (Å²) < 4.78 is 0. The molecule has 2 nitrogen and oxygen atoms in total. The molecule has 1 unspecified atom stereocenters. The number of phenolic OH excluding ortho intramolecular Hbond substituents is 1. The molecule has 21 heavy (non-hydrogen) atoms. The molecule has 0 bridgehead atoms. The molecule has 4 rings (SSSR count). The summed E-state index contributed by atoms with van der Waals surface area (Å²) in [5.41, 5.74) is 2.43. The molecule has 114 valence electrons. The second-order valence-corrected chi connectivity index (χ2v) is 8.07. The smallest absolute Gasteiger partial charge is 0.115 e. The fourth-order valence-electron chi connectivity index (χ4n) is 5.81. The Labute approximate surface area is 127 Å². The van der Waals surface area contributed by atoms with Gasteiger partial charge in [-0.15, -0.1) is 0 Å². The van der Waals surface area contributed by atoms with Gasteiger partial charge in [-0.25, -0.2) is 0 Å². The third-order valence-electron chi connectivity index (χ3n) is 7.27. The van der Waals surface area contributed by atoms with E-state index < -0.39 is 5.60 Å². The maximum absolute atomic E-state index is 10.8. The first-order valence-corrected chi connectivity index (χ1v) is 8.46. The van der Waals surface area contributed by atoms with Crippen LogP contribution in [0.3, 0.4) is 0 Å². The number of phenols is 1. The first-order valence-electron chi connectivity index (χ1n) is 8.46. The first-order chi connectivity index (χ1) is 9.92. The fourth-order valence-corrected chi connectivity index (χ4v) is 5.81. The number of aryl methyl sites for hydroxylation is 1. The van der Waals surface area contributed by atoms with E-state index in [1.165, 1.54) is 30.4 Å². The Balaban J connectivity index is 1.72. The Morgan fingerprint density at radius 1 is 1.10 bits per heavy atom. The minimum atomic E-state index is -0.488. The molecule has 2 heteroatoms. The van der Waals surface area contributed by atoms with Crippen LogP contribution in [0.5, 0.6) is 5.75 Å². The summed E-state index contributed by atoms with van der Waals surface area (Å²) in [6, 6.07) is 5.96. The Hall–Kier alpha value is -1.02. The molecule has 0 aliphatic heterocycles. The topological polar surface area (TPSA) is 40.5 Å². The van der Waals surface area contributed by atoms with Crippen molar-refractivity contribution < 1.29 is 10.2 Å². The first kappa shape index (κ1) is 13.6. The van der Waals surface area contributed by atoms with E-state index in [4.69, 9.17) is 0 Å². The molecule has 2 fully saturated rings. The van der Waals surface area contributed by atoms with Gasteiger partial charge in [0.1, 0.15) is 5.75 Å². The van der Waals surface area contributed by atoms with Crippen molar-refractivity contribution in [2.45, 2.75) is 63.9 Å². The van der Waals surface area contributed by atoms with Crippen LogP contribution in [-0.2, 0) is 6.42 Å². The third-order valence-corrected chi connectivity index (χ3v) is 7.27. The van der Waals surface area contributed by atoms with E-state index in [2.05, 4.69) is 19.9 Å². The minimum Gasteiger partial charge on any atom is -0.508 e. The quantitative estimate of drug-likeness (QED) is 0.757. The second kappa shape index (κ2) is 4.25. The van der Waals surface area contributed by atoms with Crippen molar-refractivity contribution in [1.29, 1.82) is 0 Å². The Bertz CT molecular complexity index is 577. The average Bonchev–Trinajstić information content (AvgIpc) is 2.69. The van der Waals surface area contributed by atoms with Gasteiger partial charge >= 0.3 is 0 Å². The molecule has 1 aromatic rings. The van der Waals surface area contributed by atoms with E-state index >= 15 is 0 Å². The molecule has 0 spiro atoms. The zero-order valence-corrected chi connectivity index (χ0v) is 13.1. The summed E-state index contributed by atoms with van der Waals surface area (Å²) in [6.07, 6.45) is 6.76. The van der Waals surface area contributed by atoms with Crippen molar-refractivity contribution in [2.24, 2.45) is 17.3 Å². The standard InChI is InChI=1S/C19H26O2/c1-18-9-7-15-14-6-4-13(20)11-12(14)3-5-16(15)17(18)8-10-19(18,2)21/h4,6,11,15-17,20-21H,3,5,7-10H2,1-2H3/t15-,16?,17+,18+,19+/m1/s1. The number of benzene rings is 1. The van der Waals surface area contributed by atoms with Crippen LogP contribution in [0.15, 0.2) is 18.2 Å². The van der Waals surface area contributed by atoms with Crippen LogP contribution in [-0.4, -0.2) is 15.8 Å². The Morgan fingerprint density at radius 3 is 2.71 bits per heavy atom. The zero-order valence-electron chi connectivity index (χ0n) is 13.1. The summed E-state index contributed by atoms with van der Waals surface area (Å²) in [4.78, 5) is 0. The number of hydrogen-bond acceptors (Lipinski definition) is 2. The number of aliphatic hydroxyl groups is 1.